The largest absolute Gasteiger partial charge is 0.494 e. The molecule has 140 valence electrons. The number of aromatic nitrogens is 1. The molecular formula is C23H26N2O2. The molecule has 4 nitrogen and oxygen atoms in total. The van der Waals surface area contributed by atoms with Crippen LogP contribution in [0.4, 0.5) is 0 Å². The zero-order chi connectivity index (χ0) is 18.6. The van der Waals surface area contributed by atoms with E-state index in [1.54, 1.807) is 0 Å². The zero-order valence-corrected chi connectivity index (χ0v) is 16.0. The van der Waals surface area contributed by atoms with E-state index in [0.717, 1.165) is 31.1 Å². The third kappa shape index (κ3) is 4.07. The molecule has 0 saturated carbocycles. The lowest BCUT2D eigenvalue weighted by molar-refractivity contribution is 0.0288. The molecule has 0 unspecified atom stereocenters. The van der Waals surface area contributed by atoms with Crippen molar-refractivity contribution in [3.63, 3.8) is 0 Å². The number of ether oxygens (including phenoxy) is 2. The van der Waals surface area contributed by atoms with E-state index in [2.05, 4.69) is 71.2 Å². The van der Waals surface area contributed by atoms with Crippen LogP contribution in [0.1, 0.15) is 29.8 Å². The number of aryl methyl sites for hydroxylation is 1. The predicted octanol–water partition coefficient (Wildman–Crippen LogP) is 4.72. The lowest BCUT2D eigenvalue weighted by Gasteiger charge is -2.22. The van der Waals surface area contributed by atoms with Crippen LogP contribution in [-0.2, 0) is 11.3 Å². The van der Waals surface area contributed by atoms with Crippen molar-refractivity contribution in [2.75, 3.05) is 19.8 Å². The van der Waals surface area contributed by atoms with Gasteiger partial charge in [-0.2, -0.15) is 0 Å². The summed E-state index contributed by atoms with van der Waals surface area (Å²) in [6.45, 7) is 7.42. The van der Waals surface area contributed by atoms with Crippen molar-refractivity contribution in [1.29, 1.82) is 0 Å². The Bertz CT molecular complexity index is 903. The number of benzene rings is 2. The Hall–Kier alpha value is -2.56. The summed E-state index contributed by atoms with van der Waals surface area (Å²) < 4.78 is 13.8. The van der Waals surface area contributed by atoms with E-state index in [9.17, 15) is 0 Å². The Labute approximate surface area is 161 Å². The second kappa shape index (κ2) is 7.99. The normalized spacial score (nSPS) is 17.3. The molecule has 1 atom stereocenters. The van der Waals surface area contributed by atoms with Crippen molar-refractivity contribution in [3.8, 4) is 11.4 Å². The standard InChI is InChI=1S/C23H26N2O2/c1-3-26-22-9-5-8-21(15-22)24-11-10-20(17-24)23-25(12-13-27-23)16-19-7-4-6-18(2)14-19/h4-11,14-15,17,23H,3,12-13,16H2,1-2H3/t23-/m1/s1. The van der Waals surface area contributed by atoms with Crippen molar-refractivity contribution >= 4 is 0 Å². The summed E-state index contributed by atoms with van der Waals surface area (Å²) in [7, 11) is 0. The van der Waals surface area contributed by atoms with Gasteiger partial charge in [0.05, 0.1) is 13.2 Å². The van der Waals surface area contributed by atoms with Crippen LogP contribution in [0.15, 0.2) is 67.0 Å². The summed E-state index contributed by atoms with van der Waals surface area (Å²) in [6.07, 6.45) is 4.25. The average molecular weight is 362 g/mol. The van der Waals surface area contributed by atoms with Crippen LogP contribution >= 0.6 is 0 Å². The molecule has 1 saturated heterocycles. The molecule has 0 N–H and O–H groups in total. The van der Waals surface area contributed by atoms with E-state index >= 15 is 0 Å². The molecule has 1 aromatic heterocycles. The van der Waals surface area contributed by atoms with Crippen molar-refractivity contribution in [2.45, 2.75) is 26.6 Å². The smallest absolute Gasteiger partial charge is 0.138 e. The maximum absolute atomic E-state index is 6.05. The number of hydrogen-bond acceptors (Lipinski definition) is 3. The quantitative estimate of drug-likeness (QED) is 0.635. The highest BCUT2D eigenvalue weighted by atomic mass is 16.5. The Morgan fingerprint density at radius 1 is 1.11 bits per heavy atom. The van der Waals surface area contributed by atoms with Crippen LogP contribution in [0.5, 0.6) is 5.75 Å². The molecule has 4 heteroatoms. The van der Waals surface area contributed by atoms with Gasteiger partial charge in [-0.05, 0) is 37.6 Å². The van der Waals surface area contributed by atoms with Gasteiger partial charge in [0.1, 0.15) is 12.0 Å². The molecule has 2 aromatic carbocycles. The summed E-state index contributed by atoms with van der Waals surface area (Å²) in [5.41, 5.74) is 4.90. The van der Waals surface area contributed by atoms with Crippen molar-refractivity contribution in [3.05, 3.63) is 83.7 Å². The van der Waals surface area contributed by atoms with E-state index in [1.165, 1.54) is 16.7 Å². The molecule has 0 aliphatic carbocycles. The van der Waals surface area contributed by atoms with Gasteiger partial charge in [-0.3, -0.25) is 4.90 Å². The van der Waals surface area contributed by atoms with Crippen LogP contribution in [-0.4, -0.2) is 29.2 Å². The molecule has 2 heterocycles. The highest BCUT2D eigenvalue weighted by molar-refractivity contribution is 5.40. The van der Waals surface area contributed by atoms with Gasteiger partial charge in [-0.1, -0.05) is 35.9 Å². The van der Waals surface area contributed by atoms with Gasteiger partial charge in [0.25, 0.3) is 0 Å². The number of rotatable bonds is 6. The molecule has 27 heavy (non-hydrogen) atoms. The Balaban J connectivity index is 1.52. The van der Waals surface area contributed by atoms with Crippen LogP contribution in [0.2, 0.25) is 0 Å². The van der Waals surface area contributed by atoms with E-state index in [-0.39, 0.29) is 6.23 Å². The number of nitrogens with zero attached hydrogens (tertiary/aromatic N) is 2. The predicted molar refractivity (Wildman–Crippen MR) is 107 cm³/mol. The van der Waals surface area contributed by atoms with Crippen LogP contribution in [0, 0.1) is 6.92 Å². The maximum atomic E-state index is 6.05. The van der Waals surface area contributed by atoms with Crippen molar-refractivity contribution < 1.29 is 9.47 Å². The van der Waals surface area contributed by atoms with Gasteiger partial charge in [0.15, 0.2) is 0 Å². The van der Waals surface area contributed by atoms with Crippen LogP contribution < -0.4 is 4.74 Å². The monoisotopic (exact) mass is 362 g/mol. The Kier molecular flexibility index (Phi) is 5.28. The average Bonchev–Trinajstić information content (AvgIpc) is 3.31. The minimum absolute atomic E-state index is 0.00170. The molecule has 3 aromatic rings. The fourth-order valence-corrected chi connectivity index (χ4v) is 3.64. The summed E-state index contributed by atoms with van der Waals surface area (Å²) in [5.74, 6) is 0.892. The van der Waals surface area contributed by atoms with Gasteiger partial charge in [-0.25, -0.2) is 0 Å². The number of hydrogen-bond donors (Lipinski definition) is 0. The van der Waals surface area contributed by atoms with Crippen LogP contribution in [0.25, 0.3) is 5.69 Å². The molecule has 0 bridgehead atoms. The van der Waals surface area contributed by atoms with Gasteiger partial charge in [-0.15, -0.1) is 0 Å². The highest BCUT2D eigenvalue weighted by Gasteiger charge is 2.27. The zero-order valence-electron chi connectivity index (χ0n) is 16.0. The second-order valence-corrected chi connectivity index (χ2v) is 6.97. The third-order valence-electron chi connectivity index (χ3n) is 4.88. The van der Waals surface area contributed by atoms with Crippen LogP contribution in [0.3, 0.4) is 0 Å². The van der Waals surface area contributed by atoms with Gasteiger partial charge < -0.3 is 14.0 Å². The summed E-state index contributed by atoms with van der Waals surface area (Å²) in [4.78, 5) is 2.39. The van der Waals surface area contributed by atoms with Crippen molar-refractivity contribution in [1.82, 2.24) is 9.47 Å². The van der Waals surface area contributed by atoms with Gasteiger partial charge >= 0.3 is 0 Å². The first-order valence-electron chi connectivity index (χ1n) is 9.55. The Morgan fingerprint density at radius 2 is 2.00 bits per heavy atom. The first-order valence-corrected chi connectivity index (χ1v) is 9.55. The molecule has 1 aliphatic heterocycles. The fraction of sp³-hybridized carbons (Fsp3) is 0.304. The Morgan fingerprint density at radius 3 is 2.85 bits per heavy atom. The summed E-state index contributed by atoms with van der Waals surface area (Å²) in [5, 5.41) is 0. The SMILES string of the molecule is CCOc1cccc(-n2ccc([C@H]3OCCN3Cc3cccc(C)c3)c2)c1. The third-order valence-corrected chi connectivity index (χ3v) is 4.88. The minimum atomic E-state index is 0.00170. The van der Waals surface area contributed by atoms with Crippen molar-refractivity contribution in [2.24, 2.45) is 0 Å². The van der Waals surface area contributed by atoms with Gasteiger partial charge in [0.2, 0.25) is 0 Å². The molecule has 4 rings (SSSR count). The van der Waals surface area contributed by atoms with E-state index < -0.39 is 0 Å². The molecule has 0 amide bonds. The first kappa shape index (κ1) is 17.8. The highest BCUT2D eigenvalue weighted by Crippen LogP contribution is 2.30. The maximum Gasteiger partial charge on any atom is 0.138 e. The first-order chi connectivity index (χ1) is 13.2. The lowest BCUT2D eigenvalue weighted by Crippen LogP contribution is -2.23. The lowest BCUT2D eigenvalue weighted by atomic mass is 10.1. The molecule has 1 aliphatic rings. The van der Waals surface area contributed by atoms with E-state index in [1.807, 2.05) is 19.1 Å². The fourth-order valence-electron chi connectivity index (χ4n) is 3.64. The van der Waals surface area contributed by atoms with E-state index in [0.29, 0.717) is 6.61 Å². The second-order valence-electron chi connectivity index (χ2n) is 6.97. The van der Waals surface area contributed by atoms with E-state index in [4.69, 9.17) is 9.47 Å². The summed E-state index contributed by atoms with van der Waals surface area (Å²) in [6, 6.07) is 19.0. The topological polar surface area (TPSA) is 26.6 Å². The van der Waals surface area contributed by atoms with Gasteiger partial charge in [0, 0.05) is 42.8 Å². The molecular weight excluding hydrogens is 336 g/mol. The molecule has 0 spiro atoms. The minimum Gasteiger partial charge on any atom is -0.494 e. The summed E-state index contributed by atoms with van der Waals surface area (Å²) >= 11 is 0. The molecule has 1 fully saturated rings. The molecule has 0 radical (unpaired) electrons.